The molecule has 3 aromatic rings. The fraction of sp³-hybridized carbons (Fsp3) is 0.333. The van der Waals surface area contributed by atoms with E-state index < -0.39 is 17.8 Å². The summed E-state index contributed by atoms with van der Waals surface area (Å²) in [5.74, 6) is -0.199. The Morgan fingerprint density at radius 3 is 2.74 bits per heavy atom. The number of aromatic nitrogens is 4. The Hall–Kier alpha value is -3.43. The minimum absolute atomic E-state index is 0.00470. The molecule has 0 spiro atoms. The number of piperidine rings is 1. The van der Waals surface area contributed by atoms with Crippen LogP contribution in [0, 0.1) is 0 Å². The zero-order valence-corrected chi connectivity index (χ0v) is 16.8. The van der Waals surface area contributed by atoms with E-state index in [1.165, 1.54) is 18.5 Å². The molecule has 0 unspecified atom stereocenters. The number of likely N-dealkylation sites (tertiary alicyclic amines) is 1. The van der Waals surface area contributed by atoms with Crippen LogP contribution in [0.4, 0.5) is 19.1 Å². The molecule has 1 atom stereocenters. The van der Waals surface area contributed by atoms with Crippen molar-refractivity contribution in [1.29, 1.82) is 0 Å². The largest absolute Gasteiger partial charge is 0.416 e. The van der Waals surface area contributed by atoms with Gasteiger partial charge in [0.15, 0.2) is 0 Å². The van der Waals surface area contributed by atoms with Crippen LogP contribution in [0.2, 0.25) is 0 Å². The second-order valence-corrected chi connectivity index (χ2v) is 7.52. The van der Waals surface area contributed by atoms with Crippen LogP contribution in [0.25, 0.3) is 11.1 Å². The van der Waals surface area contributed by atoms with E-state index in [2.05, 4.69) is 15.1 Å². The monoisotopic (exact) mass is 430 g/mol. The van der Waals surface area contributed by atoms with E-state index in [0.717, 1.165) is 25.0 Å². The van der Waals surface area contributed by atoms with Crippen molar-refractivity contribution in [2.75, 3.05) is 12.3 Å². The lowest BCUT2D eigenvalue weighted by Crippen LogP contribution is -2.39. The third-order valence-electron chi connectivity index (χ3n) is 5.37. The van der Waals surface area contributed by atoms with Crippen molar-refractivity contribution >= 4 is 11.9 Å². The number of benzene rings is 1. The number of aryl methyl sites for hydroxylation is 1. The first-order chi connectivity index (χ1) is 14.7. The molecule has 1 aliphatic heterocycles. The first-order valence-electron chi connectivity index (χ1n) is 9.83. The summed E-state index contributed by atoms with van der Waals surface area (Å²) >= 11 is 0. The van der Waals surface area contributed by atoms with Gasteiger partial charge in [-0.3, -0.25) is 9.48 Å². The predicted octanol–water partition coefficient (Wildman–Crippen LogP) is 3.85. The van der Waals surface area contributed by atoms with E-state index in [9.17, 15) is 18.0 Å². The maximum absolute atomic E-state index is 13.2. The van der Waals surface area contributed by atoms with Crippen LogP contribution in [0.1, 0.15) is 46.9 Å². The van der Waals surface area contributed by atoms with E-state index in [1.807, 2.05) is 0 Å². The summed E-state index contributed by atoms with van der Waals surface area (Å²) < 4.78 is 41.3. The molecule has 2 N–H and O–H groups in total. The lowest BCUT2D eigenvalue weighted by Gasteiger charge is -2.36. The molecule has 0 bridgehead atoms. The van der Waals surface area contributed by atoms with E-state index in [-0.39, 0.29) is 11.9 Å². The minimum atomic E-state index is -4.47. The molecular weight excluding hydrogens is 409 g/mol. The van der Waals surface area contributed by atoms with Crippen LogP contribution in [0.5, 0.6) is 0 Å². The minimum Gasteiger partial charge on any atom is -0.368 e. The Bertz CT molecular complexity index is 1110. The molecule has 4 rings (SSSR count). The van der Waals surface area contributed by atoms with Gasteiger partial charge >= 0.3 is 6.18 Å². The molecule has 1 aliphatic rings. The second-order valence-electron chi connectivity index (χ2n) is 7.52. The Labute approximate surface area is 176 Å². The molecule has 3 heterocycles. The van der Waals surface area contributed by atoms with Crippen LogP contribution < -0.4 is 5.73 Å². The van der Waals surface area contributed by atoms with Crippen molar-refractivity contribution in [3.63, 3.8) is 0 Å². The summed E-state index contributed by atoms with van der Waals surface area (Å²) in [6.45, 7) is 0.504. The predicted molar refractivity (Wildman–Crippen MR) is 108 cm³/mol. The van der Waals surface area contributed by atoms with Gasteiger partial charge in [0, 0.05) is 31.5 Å². The zero-order chi connectivity index (χ0) is 22.2. The highest BCUT2D eigenvalue weighted by Crippen LogP contribution is 2.38. The van der Waals surface area contributed by atoms with Gasteiger partial charge in [0.25, 0.3) is 5.91 Å². The number of amides is 1. The Balaban J connectivity index is 1.78. The third-order valence-corrected chi connectivity index (χ3v) is 5.37. The number of carbonyl (C=O) groups is 1. The number of anilines is 1. The van der Waals surface area contributed by atoms with Crippen LogP contribution in [0.15, 0.2) is 42.9 Å². The van der Waals surface area contributed by atoms with Gasteiger partial charge in [-0.15, -0.1) is 0 Å². The fourth-order valence-electron chi connectivity index (χ4n) is 3.91. The van der Waals surface area contributed by atoms with Gasteiger partial charge in [0.1, 0.15) is 0 Å². The number of alkyl halides is 3. The van der Waals surface area contributed by atoms with Gasteiger partial charge in [-0.2, -0.15) is 18.3 Å². The average molecular weight is 430 g/mol. The number of carbonyl (C=O) groups excluding carboxylic acids is 1. The van der Waals surface area contributed by atoms with E-state index in [0.29, 0.717) is 35.3 Å². The summed E-state index contributed by atoms with van der Waals surface area (Å²) in [5.41, 5.74) is 6.70. The topological polar surface area (TPSA) is 89.9 Å². The Morgan fingerprint density at radius 1 is 1.23 bits per heavy atom. The molecule has 1 fully saturated rings. The van der Waals surface area contributed by atoms with Crippen molar-refractivity contribution in [3.8, 4) is 11.1 Å². The lowest BCUT2D eigenvalue weighted by atomic mass is 9.93. The third kappa shape index (κ3) is 4.23. The van der Waals surface area contributed by atoms with E-state index >= 15 is 0 Å². The Kier molecular flexibility index (Phi) is 5.38. The quantitative estimate of drug-likeness (QED) is 0.682. The smallest absolute Gasteiger partial charge is 0.368 e. The molecule has 1 saturated heterocycles. The van der Waals surface area contributed by atoms with Crippen LogP contribution in [-0.4, -0.2) is 37.1 Å². The average Bonchev–Trinajstić information content (AvgIpc) is 3.19. The van der Waals surface area contributed by atoms with Crippen molar-refractivity contribution in [2.24, 2.45) is 7.05 Å². The summed E-state index contributed by atoms with van der Waals surface area (Å²) in [6, 6.07) is 4.56. The van der Waals surface area contributed by atoms with Crippen molar-refractivity contribution in [3.05, 3.63) is 59.7 Å². The molecule has 2 aromatic heterocycles. The maximum Gasteiger partial charge on any atom is 0.416 e. The molecule has 0 aliphatic carbocycles. The molecule has 31 heavy (non-hydrogen) atoms. The Morgan fingerprint density at radius 2 is 2.03 bits per heavy atom. The highest BCUT2D eigenvalue weighted by molar-refractivity contribution is 5.94. The maximum atomic E-state index is 13.2. The highest BCUT2D eigenvalue weighted by atomic mass is 19.4. The van der Waals surface area contributed by atoms with E-state index in [4.69, 9.17) is 5.73 Å². The number of nitrogen functional groups attached to an aromatic ring is 1. The van der Waals surface area contributed by atoms with Gasteiger partial charge in [-0.1, -0.05) is 12.1 Å². The molecule has 0 radical (unpaired) electrons. The standard InChI is InChI=1S/C21H21F3N6O/c1-29-12-14(10-27-29)19(31)30-8-3-2-7-17(30)18-16(11-26-20(25)28-18)13-5-4-6-15(9-13)21(22,23)24/h4-6,9-12,17H,2-3,7-8H2,1H3,(H2,25,26,28)/t17-/m1/s1. The first kappa shape index (κ1) is 20.8. The number of nitrogens with zero attached hydrogens (tertiary/aromatic N) is 5. The highest BCUT2D eigenvalue weighted by Gasteiger charge is 2.34. The summed E-state index contributed by atoms with van der Waals surface area (Å²) in [5, 5.41) is 4.06. The number of halogens is 3. The van der Waals surface area contributed by atoms with Gasteiger partial charge < -0.3 is 10.6 Å². The van der Waals surface area contributed by atoms with Gasteiger partial charge in [0.05, 0.1) is 29.1 Å². The molecule has 7 nitrogen and oxygen atoms in total. The lowest BCUT2D eigenvalue weighted by molar-refractivity contribution is -0.137. The molecule has 0 saturated carbocycles. The van der Waals surface area contributed by atoms with E-state index in [1.54, 1.807) is 28.9 Å². The number of nitrogens with two attached hydrogens (primary N) is 1. The van der Waals surface area contributed by atoms with Gasteiger partial charge in [-0.25, -0.2) is 9.97 Å². The van der Waals surface area contributed by atoms with Crippen LogP contribution in [-0.2, 0) is 13.2 Å². The summed E-state index contributed by atoms with van der Waals surface area (Å²) in [4.78, 5) is 23.2. The molecule has 162 valence electrons. The van der Waals surface area contributed by atoms with Crippen LogP contribution >= 0.6 is 0 Å². The van der Waals surface area contributed by atoms with Gasteiger partial charge in [0.2, 0.25) is 5.95 Å². The first-order valence-corrected chi connectivity index (χ1v) is 9.83. The molecular formula is C21H21F3N6O. The SMILES string of the molecule is Cn1cc(C(=O)N2CCCC[C@@H]2c2nc(N)ncc2-c2cccc(C(F)(F)F)c2)cn1. The summed E-state index contributed by atoms with van der Waals surface area (Å²) in [7, 11) is 1.72. The second kappa shape index (κ2) is 8.01. The van der Waals surface area contributed by atoms with Crippen molar-refractivity contribution < 1.29 is 18.0 Å². The molecule has 1 aromatic carbocycles. The zero-order valence-electron chi connectivity index (χ0n) is 16.8. The number of hydrogen-bond donors (Lipinski definition) is 1. The summed E-state index contributed by atoms with van der Waals surface area (Å²) in [6.07, 6.45) is 2.38. The van der Waals surface area contributed by atoms with Gasteiger partial charge in [-0.05, 0) is 37.0 Å². The molecule has 1 amide bonds. The number of hydrogen-bond acceptors (Lipinski definition) is 5. The molecule has 10 heteroatoms. The van der Waals surface area contributed by atoms with Crippen molar-refractivity contribution in [1.82, 2.24) is 24.6 Å². The fourth-order valence-corrected chi connectivity index (χ4v) is 3.91. The van der Waals surface area contributed by atoms with Crippen LogP contribution in [0.3, 0.4) is 0 Å². The normalized spacial score (nSPS) is 17.0. The number of rotatable bonds is 3. The van der Waals surface area contributed by atoms with Crippen molar-refractivity contribution in [2.45, 2.75) is 31.5 Å².